The van der Waals surface area contributed by atoms with Gasteiger partial charge in [0.1, 0.15) is 29.2 Å². The van der Waals surface area contributed by atoms with E-state index in [4.69, 9.17) is 43.0 Å². The summed E-state index contributed by atoms with van der Waals surface area (Å²) in [5, 5.41) is 20.4. The molecule has 12 heteroatoms. The molecule has 5 N–H and O–H groups in total. The third kappa shape index (κ3) is 16.5. The van der Waals surface area contributed by atoms with E-state index in [-0.39, 0.29) is 19.0 Å². The van der Waals surface area contributed by atoms with Gasteiger partial charge in [0.25, 0.3) is 0 Å². The number of benzene rings is 2. The van der Waals surface area contributed by atoms with Gasteiger partial charge < -0.3 is 35.5 Å². The normalized spacial score (nSPS) is 11.8. The number of esters is 2. The summed E-state index contributed by atoms with van der Waals surface area (Å²) in [6, 6.07) is 11.4. The van der Waals surface area contributed by atoms with Crippen LogP contribution in [0.15, 0.2) is 48.5 Å². The van der Waals surface area contributed by atoms with Gasteiger partial charge in [-0.1, -0.05) is 36.1 Å². The Kier molecular flexibility index (Phi) is 17.6. The van der Waals surface area contributed by atoms with Gasteiger partial charge in [0.2, 0.25) is 0 Å². The van der Waals surface area contributed by atoms with Crippen LogP contribution in [0.2, 0.25) is 0 Å². The van der Waals surface area contributed by atoms with Gasteiger partial charge in [-0.15, -0.1) is 36.4 Å². The molecule has 0 saturated heterocycles. The number of hydrogen-bond donors (Lipinski definition) is 4. The first kappa shape index (κ1) is 37.4. The highest BCUT2D eigenvalue weighted by molar-refractivity contribution is 7.99. The monoisotopic (exact) mass is 630 g/mol. The average Bonchev–Trinajstić information content (AvgIpc) is 2.97. The van der Waals surface area contributed by atoms with E-state index in [9.17, 15) is 14.4 Å². The first-order chi connectivity index (χ1) is 20.4. The lowest BCUT2D eigenvalue weighted by molar-refractivity contribution is -0.136. The molecule has 0 aromatic heterocycles. The highest BCUT2D eigenvalue weighted by Crippen LogP contribution is 2.15. The summed E-state index contributed by atoms with van der Waals surface area (Å²) in [4.78, 5) is 35.9. The van der Waals surface area contributed by atoms with Crippen molar-refractivity contribution in [3.8, 4) is 36.2 Å². The standard InChI is InChI=1S/C18H23NO5S.C13H15NO3S/c1-5-10-25-12-15(19-17(22)24-18(2,3)4)16(21)23-14-8-6-13(11-20)7-9-14;1-2-7-18-9-12(14)13(16)17-11-5-3-10(8-15)4-6-11/h1,6-9,15,20H,10-12H2,2-4H3,(H,19,22);1,3-6,12,15H,7-9,14H2. The van der Waals surface area contributed by atoms with E-state index in [0.29, 0.717) is 34.3 Å². The Labute approximate surface area is 261 Å². The molecule has 0 radical (unpaired) electrons. The van der Waals surface area contributed by atoms with Crippen LogP contribution >= 0.6 is 23.5 Å². The van der Waals surface area contributed by atoms with Crippen molar-refractivity contribution >= 4 is 41.6 Å². The molecule has 10 nitrogen and oxygen atoms in total. The zero-order chi connectivity index (χ0) is 32.3. The van der Waals surface area contributed by atoms with Crippen LogP contribution in [-0.2, 0) is 27.5 Å². The van der Waals surface area contributed by atoms with Crippen molar-refractivity contribution < 1.29 is 38.8 Å². The number of hydrogen-bond acceptors (Lipinski definition) is 11. The number of nitrogens with two attached hydrogens (primary N) is 1. The molecule has 0 saturated carbocycles. The lowest BCUT2D eigenvalue weighted by Gasteiger charge is -2.22. The summed E-state index contributed by atoms with van der Waals surface area (Å²) >= 11 is 2.74. The molecule has 0 heterocycles. The molecule has 2 aromatic carbocycles. The molecule has 0 spiro atoms. The van der Waals surface area contributed by atoms with Crippen molar-refractivity contribution in [2.45, 2.75) is 51.7 Å². The molecule has 2 unspecified atom stereocenters. The number of thioether (sulfide) groups is 2. The summed E-state index contributed by atoms with van der Waals surface area (Å²) in [5.74, 6) is 6.16. The number of carbonyl (C=O) groups excluding carboxylic acids is 3. The number of nitrogens with one attached hydrogen (secondary N) is 1. The van der Waals surface area contributed by atoms with Crippen LogP contribution in [0.4, 0.5) is 4.79 Å². The number of carbonyl (C=O) groups is 3. The third-order valence-electron chi connectivity index (χ3n) is 4.88. The molecule has 43 heavy (non-hydrogen) atoms. The number of rotatable bonds is 13. The second-order valence-corrected chi connectivity index (χ2v) is 11.8. The van der Waals surface area contributed by atoms with Crippen molar-refractivity contribution in [2.75, 3.05) is 23.0 Å². The lowest BCUT2D eigenvalue weighted by atomic mass is 10.2. The molecule has 0 aliphatic rings. The number of aliphatic hydroxyl groups is 2. The van der Waals surface area contributed by atoms with E-state index in [0.717, 1.165) is 5.56 Å². The van der Waals surface area contributed by atoms with Gasteiger partial charge in [-0.25, -0.2) is 14.4 Å². The van der Waals surface area contributed by atoms with Crippen LogP contribution < -0.4 is 20.5 Å². The van der Waals surface area contributed by atoms with E-state index in [1.165, 1.54) is 23.5 Å². The Morgan fingerprint density at radius 1 is 0.837 bits per heavy atom. The predicted molar refractivity (Wildman–Crippen MR) is 169 cm³/mol. The molecule has 0 aliphatic carbocycles. The highest BCUT2D eigenvalue weighted by atomic mass is 32.2. The smallest absolute Gasteiger partial charge is 0.408 e. The maximum absolute atomic E-state index is 12.4. The fraction of sp³-hybridized carbons (Fsp3) is 0.387. The van der Waals surface area contributed by atoms with Gasteiger partial charge in [0.05, 0.1) is 24.7 Å². The van der Waals surface area contributed by atoms with Crippen molar-refractivity contribution in [2.24, 2.45) is 5.73 Å². The minimum Gasteiger partial charge on any atom is -0.444 e. The molecular weight excluding hydrogens is 592 g/mol. The minimum atomic E-state index is -0.897. The lowest BCUT2D eigenvalue weighted by Crippen LogP contribution is -2.46. The number of alkyl carbamates (subject to hydrolysis) is 1. The molecule has 2 rings (SSSR count). The zero-order valence-electron chi connectivity index (χ0n) is 24.4. The zero-order valence-corrected chi connectivity index (χ0v) is 26.0. The van der Waals surface area contributed by atoms with Gasteiger partial charge in [0, 0.05) is 11.5 Å². The Balaban J connectivity index is 0.000000453. The Hall–Kier alpha value is -3.65. The van der Waals surface area contributed by atoms with E-state index < -0.39 is 35.7 Å². The van der Waals surface area contributed by atoms with Gasteiger partial charge in [0.15, 0.2) is 0 Å². The first-order valence-electron chi connectivity index (χ1n) is 13.0. The van der Waals surface area contributed by atoms with E-state index in [1.807, 2.05) is 0 Å². The number of amides is 1. The van der Waals surface area contributed by atoms with Crippen molar-refractivity contribution in [1.82, 2.24) is 5.32 Å². The summed E-state index contributed by atoms with van der Waals surface area (Å²) in [6.45, 7) is 5.05. The highest BCUT2D eigenvalue weighted by Gasteiger charge is 2.26. The third-order valence-corrected chi connectivity index (χ3v) is 6.79. The fourth-order valence-electron chi connectivity index (χ4n) is 2.87. The maximum atomic E-state index is 12.4. The number of terminal acetylenes is 2. The van der Waals surface area contributed by atoms with Crippen molar-refractivity contribution in [3.05, 3.63) is 59.7 Å². The summed E-state index contributed by atoms with van der Waals surface area (Å²) in [6.07, 6.45) is 9.60. The molecule has 1 amide bonds. The van der Waals surface area contributed by atoms with Gasteiger partial charge in [-0.05, 0) is 56.2 Å². The molecule has 2 aromatic rings. The second-order valence-electron chi connectivity index (χ2n) is 9.69. The van der Waals surface area contributed by atoms with Gasteiger partial charge >= 0.3 is 18.0 Å². The second kappa shape index (κ2) is 20.3. The van der Waals surface area contributed by atoms with E-state index in [1.54, 1.807) is 69.3 Å². The van der Waals surface area contributed by atoms with E-state index in [2.05, 4.69) is 17.2 Å². The van der Waals surface area contributed by atoms with Crippen LogP contribution in [0.1, 0.15) is 31.9 Å². The molecule has 0 aliphatic heterocycles. The van der Waals surface area contributed by atoms with E-state index >= 15 is 0 Å². The predicted octanol–water partition coefficient (Wildman–Crippen LogP) is 3.12. The summed E-state index contributed by atoms with van der Waals surface area (Å²) in [7, 11) is 0. The van der Waals surface area contributed by atoms with Crippen LogP contribution in [0.25, 0.3) is 0 Å². The quantitative estimate of drug-likeness (QED) is 0.112. The Morgan fingerprint density at radius 3 is 1.70 bits per heavy atom. The Bertz CT molecular complexity index is 1230. The Morgan fingerprint density at radius 2 is 1.28 bits per heavy atom. The minimum absolute atomic E-state index is 0.0452. The first-order valence-corrected chi connectivity index (χ1v) is 15.3. The largest absolute Gasteiger partial charge is 0.444 e. The summed E-state index contributed by atoms with van der Waals surface area (Å²) in [5.41, 5.74) is 6.44. The van der Waals surface area contributed by atoms with Gasteiger partial charge in [-0.3, -0.25) is 0 Å². The topological polar surface area (TPSA) is 157 Å². The SMILES string of the molecule is C#CCSCC(N)C(=O)Oc1ccc(CO)cc1.C#CCSCC(NC(=O)OC(C)(C)C)C(=O)Oc1ccc(CO)cc1. The number of aliphatic hydroxyl groups excluding tert-OH is 2. The van der Waals surface area contributed by atoms with Crippen molar-refractivity contribution in [1.29, 1.82) is 0 Å². The maximum Gasteiger partial charge on any atom is 0.408 e. The summed E-state index contributed by atoms with van der Waals surface area (Å²) < 4.78 is 15.5. The van der Waals surface area contributed by atoms with Crippen LogP contribution in [0.5, 0.6) is 11.5 Å². The van der Waals surface area contributed by atoms with Crippen molar-refractivity contribution in [3.63, 3.8) is 0 Å². The molecule has 0 fully saturated rings. The van der Waals surface area contributed by atoms with Crippen LogP contribution in [0.3, 0.4) is 0 Å². The molecule has 232 valence electrons. The average molecular weight is 631 g/mol. The van der Waals surface area contributed by atoms with Crippen LogP contribution in [-0.4, -0.2) is 68.9 Å². The molecule has 2 atom stereocenters. The number of ether oxygens (including phenoxy) is 3. The fourth-order valence-corrected chi connectivity index (χ4v) is 4.19. The van der Waals surface area contributed by atoms with Crippen LogP contribution in [0, 0.1) is 24.7 Å². The van der Waals surface area contributed by atoms with Gasteiger partial charge in [-0.2, -0.15) is 0 Å². The molecule has 0 bridgehead atoms. The molecular formula is C31H38N2O8S2.